The third kappa shape index (κ3) is 17.3. The molecule has 0 saturated heterocycles. The van der Waals surface area contributed by atoms with Crippen molar-refractivity contribution in [3.63, 3.8) is 0 Å². The molecule has 1 aromatic rings. The van der Waals surface area contributed by atoms with Gasteiger partial charge in [0.15, 0.2) is 0 Å². The fourth-order valence-electron chi connectivity index (χ4n) is 3.96. The molecule has 0 spiro atoms. The Bertz CT molecular complexity index is 637. The van der Waals surface area contributed by atoms with Gasteiger partial charge < -0.3 is 29.5 Å². The van der Waals surface area contributed by atoms with Crippen LogP contribution in [0.25, 0.3) is 0 Å². The molecule has 36 heavy (non-hydrogen) atoms. The van der Waals surface area contributed by atoms with Crippen LogP contribution in [0.1, 0.15) is 83.8 Å². The molecule has 0 amide bonds. The summed E-state index contributed by atoms with van der Waals surface area (Å²) < 4.78 is 17.2. The minimum Gasteiger partial charge on any atom is -0.491 e. The van der Waals surface area contributed by atoms with Crippen LogP contribution in [0.5, 0.6) is 5.75 Å². The van der Waals surface area contributed by atoms with Gasteiger partial charge in [0.2, 0.25) is 0 Å². The van der Waals surface area contributed by atoms with E-state index < -0.39 is 18.3 Å². The van der Waals surface area contributed by atoms with Crippen molar-refractivity contribution in [2.24, 2.45) is 0 Å². The zero-order chi connectivity index (χ0) is 26.6. The second-order valence-electron chi connectivity index (χ2n) is 10.1. The Balaban J connectivity index is 2.80. The van der Waals surface area contributed by atoms with Crippen molar-refractivity contribution < 1.29 is 29.5 Å². The van der Waals surface area contributed by atoms with Crippen LogP contribution in [0.3, 0.4) is 0 Å². The normalized spacial score (nSPS) is 14.2. The molecule has 3 atom stereocenters. The van der Waals surface area contributed by atoms with Crippen molar-refractivity contribution in [3.8, 4) is 5.75 Å². The number of unbranched alkanes of at least 4 members (excludes halogenated alkanes) is 6. The van der Waals surface area contributed by atoms with E-state index in [9.17, 15) is 15.3 Å². The minimum atomic E-state index is -0.538. The van der Waals surface area contributed by atoms with Crippen LogP contribution in [-0.4, -0.2) is 84.7 Å². The maximum Gasteiger partial charge on any atom is 0.123 e. The molecule has 0 saturated carbocycles. The molecule has 210 valence electrons. The van der Waals surface area contributed by atoms with E-state index in [4.69, 9.17) is 14.2 Å². The highest BCUT2D eigenvalue weighted by Crippen LogP contribution is 2.24. The molecule has 3 N–H and O–H groups in total. The summed E-state index contributed by atoms with van der Waals surface area (Å²) >= 11 is 0. The number of rotatable bonds is 23. The Morgan fingerprint density at radius 1 is 0.750 bits per heavy atom. The lowest BCUT2D eigenvalue weighted by atomic mass is 10.0. The number of aryl methyl sites for hydroxylation is 1. The van der Waals surface area contributed by atoms with Crippen LogP contribution in [0.2, 0.25) is 0 Å². The average molecular weight is 512 g/mol. The van der Waals surface area contributed by atoms with Crippen LogP contribution >= 0.6 is 0 Å². The largest absolute Gasteiger partial charge is 0.491 e. The van der Waals surface area contributed by atoms with Gasteiger partial charge in [0, 0.05) is 25.2 Å². The van der Waals surface area contributed by atoms with Gasteiger partial charge >= 0.3 is 0 Å². The molecule has 1 aromatic carbocycles. The maximum atomic E-state index is 9.73. The van der Waals surface area contributed by atoms with Gasteiger partial charge in [-0.1, -0.05) is 57.6 Å². The van der Waals surface area contributed by atoms with Crippen molar-refractivity contribution in [2.45, 2.75) is 104 Å². The van der Waals surface area contributed by atoms with E-state index in [0.29, 0.717) is 46.1 Å². The Hall–Kier alpha value is -1.22. The SMILES string of the molecule is CCCCCCCCCc1ccc(OCC(C)O)c(CN(CCOCC(C)O)CCOCC(C)O)c1. The standard InChI is InChI=1S/C29H53NO6/c1-5-6-7-8-9-10-11-12-27-13-14-29(36-23-26(4)33)28(19-27)20-30(15-17-34-21-24(2)31)16-18-35-22-25(3)32/h13-14,19,24-26,31-33H,5-12,15-18,20-23H2,1-4H3. The Morgan fingerprint density at radius 2 is 1.31 bits per heavy atom. The summed E-state index contributed by atoms with van der Waals surface area (Å²) in [7, 11) is 0. The monoisotopic (exact) mass is 511 g/mol. The zero-order valence-corrected chi connectivity index (χ0v) is 23.3. The predicted molar refractivity (Wildman–Crippen MR) is 146 cm³/mol. The van der Waals surface area contributed by atoms with Gasteiger partial charge in [0.1, 0.15) is 12.4 Å². The van der Waals surface area contributed by atoms with E-state index in [1.54, 1.807) is 20.8 Å². The van der Waals surface area contributed by atoms with E-state index in [1.807, 2.05) is 6.07 Å². The third-order valence-corrected chi connectivity index (χ3v) is 5.89. The first kappa shape index (κ1) is 32.8. The molecule has 7 heteroatoms. The molecular formula is C29H53NO6. The van der Waals surface area contributed by atoms with Crippen LogP contribution < -0.4 is 4.74 Å². The van der Waals surface area contributed by atoms with E-state index in [-0.39, 0.29) is 6.61 Å². The molecule has 0 fully saturated rings. The summed E-state index contributed by atoms with van der Waals surface area (Å²) in [5.74, 6) is 0.791. The van der Waals surface area contributed by atoms with Gasteiger partial charge in [0.05, 0.1) is 44.7 Å². The Morgan fingerprint density at radius 3 is 1.86 bits per heavy atom. The first-order valence-corrected chi connectivity index (χ1v) is 14.0. The zero-order valence-electron chi connectivity index (χ0n) is 23.3. The van der Waals surface area contributed by atoms with E-state index in [1.165, 1.54) is 50.5 Å². The molecule has 0 aliphatic heterocycles. The van der Waals surface area contributed by atoms with Crippen LogP contribution in [0.4, 0.5) is 0 Å². The summed E-state index contributed by atoms with van der Waals surface area (Å²) in [6, 6.07) is 6.40. The molecular weight excluding hydrogens is 458 g/mol. The van der Waals surface area contributed by atoms with Crippen molar-refractivity contribution >= 4 is 0 Å². The van der Waals surface area contributed by atoms with Crippen LogP contribution in [0.15, 0.2) is 18.2 Å². The van der Waals surface area contributed by atoms with Crippen LogP contribution in [0, 0.1) is 0 Å². The Kier molecular flexibility index (Phi) is 19.0. The fraction of sp³-hybridized carbons (Fsp3) is 0.793. The van der Waals surface area contributed by atoms with Crippen molar-refractivity contribution in [1.29, 1.82) is 0 Å². The number of nitrogens with zero attached hydrogens (tertiary/aromatic N) is 1. The highest BCUT2D eigenvalue weighted by molar-refractivity contribution is 5.37. The number of aliphatic hydroxyl groups is 3. The van der Waals surface area contributed by atoms with Gasteiger partial charge in [-0.25, -0.2) is 0 Å². The highest BCUT2D eigenvalue weighted by atomic mass is 16.5. The highest BCUT2D eigenvalue weighted by Gasteiger charge is 2.13. The predicted octanol–water partition coefficient (Wildman–Crippen LogP) is 4.34. The molecule has 0 bridgehead atoms. The Labute approximate surface area is 219 Å². The first-order valence-electron chi connectivity index (χ1n) is 14.0. The lowest BCUT2D eigenvalue weighted by Crippen LogP contribution is -2.32. The molecule has 0 heterocycles. The van der Waals surface area contributed by atoms with Crippen molar-refractivity contribution in [3.05, 3.63) is 29.3 Å². The summed E-state index contributed by atoms with van der Waals surface area (Å²) in [5.41, 5.74) is 2.39. The van der Waals surface area contributed by atoms with Crippen molar-refractivity contribution in [1.82, 2.24) is 4.90 Å². The first-order chi connectivity index (χ1) is 17.3. The van der Waals surface area contributed by atoms with Crippen molar-refractivity contribution in [2.75, 3.05) is 46.1 Å². The van der Waals surface area contributed by atoms with E-state index >= 15 is 0 Å². The summed E-state index contributed by atoms with van der Waals surface area (Å²) in [5, 5.41) is 28.7. The van der Waals surface area contributed by atoms with Gasteiger partial charge in [-0.15, -0.1) is 0 Å². The molecule has 0 radical (unpaired) electrons. The average Bonchev–Trinajstić information content (AvgIpc) is 2.82. The molecule has 0 aliphatic rings. The molecule has 0 aliphatic carbocycles. The van der Waals surface area contributed by atoms with Gasteiger partial charge in [0.25, 0.3) is 0 Å². The fourth-order valence-corrected chi connectivity index (χ4v) is 3.96. The summed E-state index contributed by atoms with van der Waals surface area (Å²) in [4.78, 5) is 2.24. The second-order valence-corrected chi connectivity index (χ2v) is 10.1. The number of hydrogen-bond acceptors (Lipinski definition) is 7. The third-order valence-electron chi connectivity index (χ3n) is 5.89. The number of hydrogen-bond donors (Lipinski definition) is 3. The lowest BCUT2D eigenvalue weighted by Gasteiger charge is -2.24. The number of benzene rings is 1. The van der Waals surface area contributed by atoms with Gasteiger partial charge in [-0.3, -0.25) is 4.90 Å². The summed E-state index contributed by atoms with van der Waals surface area (Å²) in [6.45, 7) is 11.3. The topological polar surface area (TPSA) is 91.6 Å². The van der Waals surface area contributed by atoms with Crippen LogP contribution in [-0.2, 0) is 22.4 Å². The minimum absolute atomic E-state index is 0.249. The van der Waals surface area contributed by atoms with E-state index in [2.05, 4.69) is 24.0 Å². The van der Waals surface area contributed by atoms with Gasteiger partial charge in [-0.2, -0.15) is 0 Å². The van der Waals surface area contributed by atoms with E-state index in [0.717, 1.165) is 17.7 Å². The van der Waals surface area contributed by atoms with Gasteiger partial charge in [-0.05, 0) is 45.2 Å². The second kappa shape index (κ2) is 20.8. The number of aliphatic hydroxyl groups excluding tert-OH is 3. The summed E-state index contributed by atoms with van der Waals surface area (Å²) in [6.07, 6.45) is 8.56. The number of ether oxygens (including phenoxy) is 3. The maximum absolute atomic E-state index is 9.73. The molecule has 3 unspecified atom stereocenters. The lowest BCUT2D eigenvalue weighted by molar-refractivity contribution is 0.0171. The molecule has 0 aromatic heterocycles. The molecule has 1 rings (SSSR count). The quantitative estimate of drug-likeness (QED) is 0.188. The smallest absolute Gasteiger partial charge is 0.123 e. The molecule has 7 nitrogen and oxygen atoms in total.